The summed E-state index contributed by atoms with van der Waals surface area (Å²) in [5, 5.41) is 11.8. The van der Waals surface area contributed by atoms with Crippen LogP contribution in [0.15, 0.2) is 52.9 Å². The van der Waals surface area contributed by atoms with Crippen LogP contribution >= 0.6 is 0 Å². The Morgan fingerprint density at radius 3 is 2.28 bits per heavy atom. The first-order valence-electron chi connectivity index (χ1n) is 9.17. The lowest BCUT2D eigenvalue weighted by Crippen LogP contribution is -2.23. The summed E-state index contributed by atoms with van der Waals surface area (Å²) in [4.78, 5) is 60.7. The van der Waals surface area contributed by atoms with Gasteiger partial charge in [0.2, 0.25) is 11.5 Å². The van der Waals surface area contributed by atoms with Crippen LogP contribution in [0.4, 0.5) is 5.69 Å². The van der Waals surface area contributed by atoms with Crippen molar-refractivity contribution in [1.82, 2.24) is 0 Å². The third-order valence-electron chi connectivity index (χ3n) is 4.86. The third kappa shape index (κ3) is 3.33. The number of carbonyl (C=O) groups is 4. The fourth-order valence-electron chi connectivity index (χ4n) is 3.40. The van der Waals surface area contributed by atoms with Gasteiger partial charge < -0.3 is 13.9 Å². The molecule has 0 N–H and O–H groups in total. The summed E-state index contributed by atoms with van der Waals surface area (Å²) in [6.45, 7) is -0.431. The van der Waals surface area contributed by atoms with Crippen LogP contribution in [0.25, 0.3) is 0 Å². The van der Waals surface area contributed by atoms with Gasteiger partial charge in [-0.2, -0.15) is 0 Å². The molecular formula is C22H13NO9. The molecule has 0 spiro atoms. The molecule has 4 rings (SSSR count). The van der Waals surface area contributed by atoms with E-state index < -0.39 is 51.8 Å². The van der Waals surface area contributed by atoms with Gasteiger partial charge in [0.25, 0.3) is 5.69 Å². The maximum absolute atomic E-state index is 13.0. The highest BCUT2D eigenvalue weighted by Gasteiger charge is 2.39. The number of nitrogens with zero attached hydrogens (tertiary/aromatic N) is 1. The molecule has 32 heavy (non-hydrogen) atoms. The number of ether oxygens (including phenoxy) is 2. The molecule has 3 aromatic rings. The lowest BCUT2D eigenvalue weighted by Gasteiger charge is -2.18. The van der Waals surface area contributed by atoms with E-state index in [4.69, 9.17) is 9.15 Å². The molecule has 0 bridgehead atoms. The number of fused-ring (bicyclic) bond motifs is 2. The second-order valence-electron chi connectivity index (χ2n) is 6.68. The van der Waals surface area contributed by atoms with Gasteiger partial charge in [0.05, 0.1) is 12.0 Å². The van der Waals surface area contributed by atoms with E-state index in [2.05, 4.69) is 4.74 Å². The molecule has 0 amide bonds. The number of hydrogen-bond acceptors (Lipinski definition) is 9. The normalized spacial score (nSPS) is 12.0. The van der Waals surface area contributed by atoms with E-state index in [1.807, 2.05) is 0 Å². The average Bonchev–Trinajstić information content (AvgIpc) is 3.28. The molecule has 10 nitrogen and oxygen atoms in total. The molecule has 0 aliphatic heterocycles. The Morgan fingerprint density at radius 2 is 1.62 bits per heavy atom. The molecule has 160 valence electrons. The zero-order chi connectivity index (χ0) is 23.0. The van der Waals surface area contributed by atoms with E-state index in [1.165, 1.54) is 43.5 Å². The smallest absolute Gasteiger partial charge is 0.373 e. The predicted octanol–water partition coefficient (Wildman–Crippen LogP) is 3.11. The van der Waals surface area contributed by atoms with Crippen LogP contribution in [0.5, 0.6) is 0 Å². The first-order valence-corrected chi connectivity index (χ1v) is 9.17. The van der Waals surface area contributed by atoms with Crippen LogP contribution in [-0.4, -0.2) is 35.5 Å². The molecule has 0 fully saturated rings. The number of rotatable bonds is 5. The zero-order valence-electron chi connectivity index (χ0n) is 16.4. The van der Waals surface area contributed by atoms with Crippen molar-refractivity contribution in [3.63, 3.8) is 0 Å². The number of methoxy groups -OCH3 is 1. The van der Waals surface area contributed by atoms with Gasteiger partial charge in [-0.25, -0.2) is 9.59 Å². The molecule has 1 aromatic heterocycles. The Hall–Kier alpha value is -4.60. The molecule has 1 aliphatic rings. The van der Waals surface area contributed by atoms with E-state index in [9.17, 15) is 29.3 Å². The SMILES string of the molecule is COC(=O)c1ccc(COC(=O)c2ccc3c(c2[N+](=O)[O-])C(=O)c2ccccc2C3=O)o1. The maximum atomic E-state index is 13.0. The van der Waals surface area contributed by atoms with E-state index >= 15 is 0 Å². The lowest BCUT2D eigenvalue weighted by molar-refractivity contribution is -0.385. The topological polar surface area (TPSA) is 143 Å². The van der Waals surface area contributed by atoms with Crippen molar-refractivity contribution in [2.24, 2.45) is 0 Å². The van der Waals surface area contributed by atoms with Gasteiger partial charge in [0, 0.05) is 16.7 Å². The van der Waals surface area contributed by atoms with Crippen molar-refractivity contribution in [2.45, 2.75) is 6.61 Å². The first-order chi connectivity index (χ1) is 15.3. The minimum absolute atomic E-state index is 0.0181. The second-order valence-corrected chi connectivity index (χ2v) is 6.68. The molecule has 2 aromatic carbocycles. The molecule has 10 heteroatoms. The molecule has 1 aliphatic carbocycles. The second kappa shape index (κ2) is 7.91. The van der Waals surface area contributed by atoms with Crippen LogP contribution in [0, 0.1) is 10.1 Å². The van der Waals surface area contributed by atoms with Crippen LogP contribution in [0.3, 0.4) is 0 Å². The van der Waals surface area contributed by atoms with Crippen LogP contribution in [-0.2, 0) is 16.1 Å². The number of nitro benzene ring substituents is 1. The maximum Gasteiger partial charge on any atom is 0.373 e. The Morgan fingerprint density at radius 1 is 0.938 bits per heavy atom. The van der Waals surface area contributed by atoms with Crippen molar-refractivity contribution < 1.29 is 38.0 Å². The van der Waals surface area contributed by atoms with Crippen molar-refractivity contribution in [3.05, 3.63) is 98.0 Å². The minimum atomic E-state index is -1.10. The number of furan rings is 1. The van der Waals surface area contributed by atoms with Gasteiger partial charge in [0.1, 0.15) is 23.5 Å². The van der Waals surface area contributed by atoms with Crippen LogP contribution in [0.2, 0.25) is 0 Å². The lowest BCUT2D eigenvalue weighted by atomic mass is 9.82. The van der Waals surface area contributed by atoms with Gasteiger partial charge in [-0.15, -0.1) is 0 Å². The first kappa shape index (κ1) is 20.7. The monoisotopic (exact) mass is 435 g/mol. The Labute approximate surface area is 179 Å². The number of ketones is 2. The predicted molar refractivity (Wildman–Crippen MR) is 106 cm³/mol. The molecule has 1 heterocycles. The Balaban J connectivity index is 1.68. The van der Waals surface area contributed by atoms with Gasteiger partial charge in [0.15, 0.2) is 5.78 Å². The molecular weight excluding hydrogens is 422 g/mol. The number of esters is 2. The molecule has 0 saturated heterocycles. The quantitative estimate of drug-likeness (QED) is 0.262. The van der Waals surface area contributed by atoms with Crippen molar-refractivity contribution >= 4 is 29.2 Å². The minimum Gasteiger partial charge on any atom is -0.463 e. The number of benzene rings is 2. The van der Waals surface area contributed by atoms with Gasteiger partial charge in [-0.05, 0) is 24.3 Å². The van der Waals surface area contributed by atoms with Crippen LogP contribution < -0.4 is 0 Å². The summed E-state index contributed by atoms with van der Waals surface area (Å²) in [6, 6.07) is 10.9. The molecule has 0 unspecified atom stereocenters. The highest BCUT2D eigenvalue weighted by molar-refractivity contribution is 6.30. The summed E-state index contributed by atoms with van der Waals surface area (Å²) in [5.74, 6) is -3.12. The van der Waals surface area contributed by atoms with E-state index in [-0.39, 0.29) is 28.2 Å². The van der Waals surface area contributed by atoms with E-state index in [1.54, 1.807) is 6.07 Å². The summed E-state index contributed by atoms with van der Waals surface area (Å²) >= 11 is 0. The average molecular weight is 435 g/mol. The summed E-state index contributed by atoms with van der Waals surface area (Å²) < 4.78 is 14.8. The van der Waals surface area contributed by atoms with E-state index in [0.29, 0.717) is 0 Å². The summed E-state index contributed by atoms with van der Waals surface area (Å²) in [7, 11) is 1.17. The van der Waals surface area contributed by atoms with E-state index in [0.717, 1.165) is 6.07 Å². The number of carbonyl (C=O) groups excluding carboxylic acids is 4. The fraction of sp³-hybridized carbons (Fsp3) is 0.0909. The Bertz CT molecular complexity index is 1320. The summed E-state index contributed by atoms with van der Waals surface area (Å²) in [6.07, 6.45) is 0. The largest absolute Gasteiger partial charge is 0.463 e. The molecule has 0 atom stereocenters. The number of hydrogen-bond donors (Lipinski definition) is 0. The highest BCUT2D eigenvalue weighted by Crippen LogP contribution is 2.35. The molecule has 0 saturated carbocycles. The van der Waals surface area contributed by atoms with Gasteiger partial charge in [-0.1, -0.05) is 24.3 Å². The number of nitro groups is 1. The van der Waals surface area contributed by atoms with Crippen LogP contribution in [0.1, 0.15) is 58.5 Å². The third-order valence-corrected chi connectivity index (χ3v) is 4.86. The zero-order valence-corrected chi connectivity index (χ0v) is 16.4. The van der Waals surface area contributed by atoms with Crippen molar-refractivity contribution in [1.29, 1.82) is 0 Å². The standard InChI is InChI=1S/C22H13NO9/c1-30-22(27)16-9-6-11(32-16)10-31-21(26)15-8-7-14-17(18(15)23(28)29)20(25)13-5-3-2-4-12(13)19(14)24/h2-9H,10H2,1H3. The fourth-order valence-corrected chi connectivity index (χ4v) is 3.40. The highest BCUT2D eigenvalue weighted by atomic mass is 16.6. The van der Waals surface area contributed by atoms with Gasteiger partial charge in [-0.3, -0.25) is 19.7 Å². The van der Waals surface area contributed by atoms with Gasteiger partial charge >= 0.3 is 11.9 Å². The summed E-state index contributed by atoms with van der Waals surface area (Å²) in [5.41, 5.74) is -1.77. The van der Waals surface area contributed by atoms with Crippen molar-refractivity contribution in [2.75, 3.05) is 7.11 Å². The Kier molecular flexibility index (Phi) is 5.11. The molecule has 0 radical (unpaired) electrons. The van der Waals surface area contributed by atoms with Crippen molar-refractivity contribution in [3.8, 4) is 0 Å².